The van der Waals surface area contributed by atoms with Gasteiger partial charge in [-0.05, 0) is 51.3 Å². The minimum Gasteiger partial charge on any atom is -0.351 e. The number of nitrogens with one attached hydrogen (secondary N) is 2. The van der Waals surface area contributed by atoms with Crippen molar-refractivity contribution in [1.29, 1.82) is 0 Å². The molecule has 0 atom stereocenters. The molecule has 1 aliphatic rings. The Morgan fingerprint density at radius 3 is 2.53 bits per heavy atom. The molecule has 3 aromatic rings. The van der Waals surface area contributed by atoms with Crippen molar-refractivity contribution in [3.05, 3.63) is 59.5 Å². The van der Waals surface area contributed by atoms with E-state index < -0.39 is 0 Å². The molecular weight excluding hydrogens is 380 g/mol. The monoisotopic (exact) mass is 406 g/mol. The highest BCUT2D eigenvalue weighted by atomic mass is 16.2. The third-order valence-electron chi connectivity index (χ3n) is 5.08. The zero-order chi connectivity index (χ0) is 21.1. The largest absolute Gasteiger partial charge is 0.351 e. The van der Waals surface area contributed by atoms with Gasteiger partial charge in [0.25, 0.3) is 5.91 Å². The lowest BCUT2D eigenvalue weighted by Gasteiger charge is -2.08. The summed E-state index contributed by atoms with van der Waals surface area (Å²) in [6, 6.07) is 13.1. The SMILES string of the molecule is Cc1cc(C)n(CCCNC(=O)c2cc(NC(=O)C3CC3)n(-c3ccccc3)n2)n1. The maximum atomic E-state index is 12.6. The van der Waals surface area contributed by atoms with Crippen LogP contribution in [0, 0.1) is 19.8 Å². The second kappa shape index (κ2) is 8.52. The van der Waals surface area contributed by atoms with E-state index in [2.05, 4.69) is 20.8 Å². The molecule has 4 rings (SSSR count). The molecule has 0 aliphatic heterocycles. The van der Waals surface area contributed by atoms with Crippen molar-refractivity contribution in [3.63, 3.8) is 0 Å². The third-order valence-corrected chi connectivity index (χ3v) is 5.08. The summed E-state index contributed by atoms with van der Waals surface area (Å²) in [5.41, 5.74) is 3.16. The third kappa shape index (κ3) is 4.59. The van der Waals surface area contributed by atoms with Crippen molar-refractivity contribution >= 4 is 17.6 Å². The molecule has 8 heteroatoms. The Hall–Kier alpha value is -3.42. The molecular formula is C22H26N6O2. The van der Waals surface area contributed by atoms with Gasteiger partial charge >= 0.3 is 0 Å². The topological polar surface area (TPSA) is 93.8 Å². The molecule has 2 amide bonds. The van der Waals surface area contributed by atoms with E-state index >= 15 is 0 Å². The molecule has 0 spiro atoms. The van der Waals surface area contributed by atoms with Crippen LogP contribution in [-0.4, -0.2) is 37.9 Å². The number of aryl methyl sites for hydroxylation is 3. The molecule has 1 saturated carbocycles. The lowest BCUT2D eigenvalue weighted by molar-refractivity contribution is -0.117. The molecule has 0 unspecified atom stereocenters. The highest BCUT2D eigenvalue weighted by molar-refractivity contribution is 5.97. The molecule has 0 bridgehead atoms. The van der Waals surface area contributed by atoms with E-state index in [0.29, 0.717) is 12.4 Å². The van der Waals surface area contributed by atoms with E-state index in [0.717, 1.165) is 42.9 Å². The van der Waals surface area contributed by atoms with Gasteiger partial charge in [-0.3, -0.25) is 14.3 Å². The summed E-state index contributed by atoms with van der Waals surface area (Å²) in [7, 11) is 0. The Morgan fingerprint density at radius 1 is 1.10 bits per heavy atom. The molecule has 2 aromatic heterocycles. The van der Waals surface area contributed by atoms with Crippen LogP contribution in [0.15, 0.2) is 42.5 Å². The van der Waals surface area contributed by atoms with Crippen LogP contribution in [0.5, 0.6) is 0 Å². The van der Waals surface area contributed by atoms with Gasteiger partial charge in [0.05, 0.1) is 11.4 Å². The maximum Gasteiger partial charge on any atom is 0.271 e. The summed E-state index contributed by atoms with van der Waals surface area (Å²) < 4.78 is 3.54. The molecule has 1 aromatic carbocycles. The second-order valence-electron chi connectivity index (χ2n) is 7.69. The minimum atomic E-state index is -0.264. The van der Waals surface area contributed by atoms with Crippen molar-refractivity contribution in [2.45, 2.75) is 39.7 Å². The number of benzene rings is 1. The molecule has 2 heterocycles. The Kier molecular flexibility index (Phi) is 5.65. The van der Waals surface area contributed by atoms with E-state index in [4.69, 9.17) is 0 Å². The summed E-state index contributed by atoms with van der Waals surface area (Å²) >= 11 is 0. The van der Waals surface area contributed by atoms with Gasteiger partial charge < -0.3 is 10.6 Å². The summed E-state index contributed by atoms with van der Waals surface area (Å²) in [5, 5.41) is 14.7. The first kappa shape index (κ1) is 19.9. The van der Waals surface area contributed by atoms with E-state index in [1.807, 2.05) is 54.9 Å². The van der Waals surface area contributed by atoms with Gasteiger partial charge in [0.15, 0.2) is 5.69 Å². The molecule has 156 valence electrons. The number of hydrogen-bond donors (Lipinski definition) is 2. The zero-order valence-electron chi connectivity index (χ0n) is 17.3. The zero-order valence-corrected chi connectivity index (χ0v) is 17.3. The Balaban J connectivity index is 1.42. The quantitative estimate of drug-likeness (QED) is 0.563. The molecule has 0 radical (unpaired) electrons. The van der Waals surface area contributed by atoms with E-state index in [1.165, 1.54) is 0 Å². The first-order valence-corrected chi connectivity index (χ1v) is 10.3. The lowest BCUT2D eigenvalue weighted by atomic mass is 10.3. The second-order valence-corrected chi connectivity index (χ2v) is 7.69. The smallest absolute Gasteiger partial charge is 0.271 e. The Labute approximate surface area is 175 Å². The van der Waals surface area contributed by atoms with Crippen molar-refractivity contribution in [2.24, 2.45) is 5.92 Å². The van der Waals surface area contributed by atoms with Gasteiger partial charge in [-0.25, -0.2) is 4.68 Å². The lowest BCUT2D eigenvalue weighted by Crippen LogP contribution is -2.26. The van der Waals surface area contributed by atoms with Crippen LogP contribution in [0.25, 0.3) is 5.69 Å². The molecule has 1 fully saturated rings. The van der Waals surface area contributed by atoms with Gasteiger partial charge in [-0.15, -0.1) is 0 Å². The predicted molar refractivity (Wildman–Crippen MR) is 114 cm³/mol. The number of carbonyl (C=O) groups is 2. The summed E-state index contributed by atoms with van der Waals surface area (Å²) in [6.07, 6.45) is 2.58. The normalized spacial score (nSPS) is 13.3. The van der Waals surface area contributed by atoms with Gasteiger partial charge in [-0.1, -0.05) is 18.2 Å². The molecule has 1 aliphatic carbocycles. The molecule has 8 nitrogen and oxygen atoms in total. The summed E-state index contributed by atoms with van der Waals surface area (Å²) in [4.78, 5) is 24.9. The molecule has 2 N–H and O–H groups in total. The van der Waals surface area contributed by atoms with Crippen molar-refractivity contribution < 1.29 is 9.59 Å². The number of anilines is 1. The van der Waals surface area contributed by atoms with Crippen LogP contribution in [-0.2, 0) is 11.3 Å². The van der Waals surface area contributed by atoms with Crippen molar-refractivity contribution in [2.75, 3.05) is 11.9 Å². The number of amides is 2. The van der Waals surface area contributed by atoms with Crippen LogP contribution >= 0.6 is 0 Å². The highest BCUT2D eigenvalue weighted by Crippen LogP contribution is 2.30. The van der Waals surface area contributed by atoms with Gasteiger partial charge in [-0.2, -0.15) is 10.2 Å². The van der Waals surface area contributed by atoms with E-state index in [1.54, 1.807) is 10.7 Å². The minimum absolute atomic E-state index is 0.0241. The van der Waals surface area contributed by atoms with Crippen molar-refractivity contribution in [3.8, 4) is 5.69 Å². The van der Waals surface area contributed by atoms with E-state index in [9.17, 15) is 9.59 Å². The molecule has 0 saturated heterocycles. The van der Waals surface area contributed by atoms with Gasteiger partial charge in [0.2, 0.25) is 5.91 Å². The van der Waals surface area contributed by atoms with Crippen LogP contribution in [0.1, 0.15) is 41.1 Å². The van der Waals surface area contributed by atoms with Crippen LogP contribution in [0.2, 0.25) is 0 Å². The van der Waals surface area contributed by atoms with Crippen LogP contribution in [0.4, 0.5) is 5.82 Å². The maximum absolute atomic E-state index is 12.6. The summed E-state index contributed by atoms with van der Waals surface area (Å²) in [5.74, 6) is 0.283. The fourth-order valence-electron chi connectivity index (χ4n) is 3.34. The Bertz CT molecular complexity index is 1050. The molecule has 30 heavy (non-hydrogen) atoms. The fourth-order valence-corrected chi connectivity index (χ4v) is 3.34. The fraction of sp³-hybridized carbons (Fsp3) is 0.364. The Morgan fingerprint density at radius 2 is 1.87 bits per heavy atom. The number of nitrogens with zero attached hydrogens (tertiary/aromatic N) is 4. The summed E-state index contributed by atoms with van der Waals surface area (Å²) in [6.45, 7) is 5.24. The number of hydrogen-bond acceptors (Lipinski definition) is 4. The first-order chi connectivity index (χ1) is 14.5. The van der Waals surface area contributed by atoms with Crippen LogP contribution in [0.3, 0.4) is 0 Å². The first-order valence-electron chi connectivity index (χ1n) is 10.3. The van der Waals surface area contributed by atoms with E-state index in [-0.39, 0.29) is 23.4 Å². The van der Waals surface area contributed by atoms with Gasteiger partial charge in [0.1, 0.15) is 5.82 Å². The average molecular weight is 406 g/mol. The number of rotatable bonds is 8. The predicted octanol–water partition coefficient (Wildman–Crippen LogP) is 2.85. The average Bonchev–Trinajstić information content (AvgIpc) is 3.43. The van der Waals surface area contributed by atoms with Crippen LogP contribution < -0.4 is 10.6 Å². The number of carbonyl (C=O) groups excluding carboxylic acids is 2. The standard InChI is InChI=1S/C22H26N6O2/c1-15-13-16(2)27(25-15)12-6-11-23-22(30)19-14-20(24-21(29)17-9-10-17)28(26-19)18-7-4-3-5-8-18/h3-5,7-8,13-14,17H,6,9-12H2,1-2H3,(H,23,30)(H,24,29). The highest BCUT2D eigenvalue weighted by Gasteiger charge is 2.30. The van der Waals surface area contributed by atoms with Crippen molar-refractivity contribution in [1.82, 2.24) is 24.9 Å². The number of para-hydroxylation sites is 1. The van der Waals surface area contributed by atoms with Gasteiger partial charge in [0, 0.05) is 30.8 Å². The number of aromatic nitrogens is 4.